The van der Waals surface area contributed by atoms with Crippen molar-refractivity contribution >= 4 is 5.69 Å². The van der Waals surface area contributed by atoms with Gasteiger partial charge in [-0.05, 0) is 25.5 Å². The number of nitrogens with two attached hydrogens (primary N) is 1. The number of hydrogen-bond acceptors (Lipinski definition) is 6. The maximum atomic E-state index is 8.93. The van der Waals surface area contributed by atoms with Gasteiger partial charge < -0.3 is 30.9 Å². The van der Waals surface area contributed by atoms with Crippen LogP contribution in [-0.2, 0) is 4.74 Å². The average molecular weight is 271 g/mol. The Bertz CT molecular complexity index is 412. The zero-order chi connectivity index (χ0) is 14.6. The highest BCUT2D eigenvalue weighted by Gasteiger charge is 2.41. The third-order valence-corrected chi connectivity index (χ3v) is 2.94. The molecule has 1 aliphatic heterocycles. The molecule has 1 fully saturated rings. The van der Waals surface area contributed by atoms with Crippen LogP contribution >= 0.6 is 0 Å². The third-order valence-electron chi connectivity index (χ3n) is 2.94. The van der Waals surface area contributed by atoms with E-state index < -0.39 is 31.2 Å². The molecule has 0 aromatic heterocycles. The number of rotatable bonds is 1. The number of aryl methyl sites for hydroxylation is 2. The van der Waals surface area contributed by atoms with E-state index in [-0.39, 0.29) is 0 Å². The smallest absolute Gasteiger partial charge is 0.184 e. The predicted molar refractivity (Wildman–Crippen MR) is 70.3 cm³/mol. The van der Waals surface area contributed by atoms with Gasteiger partial charge in [0, 0.05) is 5.69 Å². The number of aliphatic hydroxyl groups excluding tert-OH is 4. The van der Waals surface area contributed by atoms with Gasteiger partial charge in [0.25, 0.3) is 0 Å². The van der Waals surface area contributed by atoms with Gasteiger partial charge in [0.2, 0.25) is 0 Å². The molecule has 1 aromatic carbocycles. The van der Waals surface area contributed by atoms with Gasteiger partial charge in [-0.25, -0.2) is 0 Å². The molecule has 0 bridgehead atoms. The summed E-state index contributed by atoms with van der Waals surface area (Å²) < 4.78 is 4.54. The highest BCUT2D eigenvalue weighted by atomic mass is 16.6. The van der Waals surface area contributed by atoms with E-state index in [1.54, 1.807) is 0 Å². The molecule has 0 aliphatic carbocycles. The Balaban J connectivity index is 0.000000191. The number of ether oxygens (including phenoxy) is 1. The van der Waals surface area contributed by atoms with E-state index in [4.69, 9.17) is 26.2 Å². The molecule has 2 rings (SSSR count). The summed E-state index contributed by atoms with van der Waals surface area (Å²) in [4.78, 5) is 0. The van der Waals surface area contributed by atoms with Crippen LogP contribution in [0.4, 0.5) is 5.69 Å². The second kappa shape index (κ2) is 6.83. The van der Waals surface area contributed by atoms with Gasteiger partial charge in [0.05, 0.1) is 6.61 Å². The number of hydrogen-bond donors (Lipinski definition) is 5. The second-order valence-corrected chi connectivity index (χ2v) is 4.59. The number of nitrogen functional groups attached to an aromatic ring is 1. The Morgan fingerprint density at radius 1 is 1.16 bits per heavy atom. The Hall–Kier alpha value is -1.18. The minimum absolute atomic E-state index is 0.407. The molecule has 1 aromatic rings. The Kier molecular flexibility index (Phi) is 5.71. The van der Waals surface area contributed by atoms with Gasteiger partial charge in [0.15, 0.2) is 6.29 Å². The molecule has 1 saturated heterocycles. The van der Waals surface area contributed by atoms with E-state index in [2.05, 4.69) is 17.7 Å². The van der Waals surface area contributed by atoms with Gasteiger partial charge >= 0.3 is 0 Å². The molecule has 0 radical (unpaired) electrons. The summed E-state index contributed by atoms with van der Waals surface area (Å²) in [6, 6.07) is 6.03. The average Bonchev–Trinajstić information content (AvgIpc) is 2.62. The van der Waals surface area contributed by atoms with Crippen molar-refractivity contribution in [1.29, 1.82) is 0 Å². The van der Waals surface area contributed by atoms with E-state index in [1.165, 1.54) is 5.56 Å². The van der Waals surface area contributed by atoms with Crippen LogP contribution in [0.25, 0.3) is 0 Å². The minimum atomic E-state index is -1.38. The van der Waals surface area contributed by atoms with Crippen LogP contribution in [-0.4, -0.2) is 51.6 Å². The van der Waals surface area contributed by atoms with Crippen molar-refractivity contribution in [2.24, 2.45) is 0 Å². The lowest BCUT2D eigenvalue weighted by Crippen LogP contribution is -2.33. The fourth-order valence-electron chi connectivity index (χ4n) is 1.71. The topological polar surface area (TPSA) is 116 Å². The van der Waals surface area contributed by atoms with Gasteiger partial charge in [-0.3, -0.25) is 0 Å². The van der Waals surface area contributed by atoms with E-state index in [0.29, 0.717) is 0 Å². The molecule has 0 spiro atoms. The molecule has 4 atom stereocenters. The molecule has 6 N–H and O–H groups in total. The summed E-state index contributed by atoms with van der Waals surface area (Å²) in [5.41, 5.74) is 8.89. The van der Waals surface area contributed by atoms with Crippen LogP contribution in [0.1, 0.15) is 11.1 Å². The normalized spacial score (nSPS) is 29.8. The molecule has 108 valence electrons. The lowest BCUT2D eigenvalue weighted by molar-refractivity contribution is -0.132. The van der Waals surface area contributed by atoms with Crippen LogP contribution in [0, 0.1) is 13.8 Å². The fourth-order valence-corrected chi connectivity index (χ4v) is 1.71. The molecule has 1 heterocycles. The largest absolute Gasteiger partial charge is 0.399 e. The third kappa shape index (κ3) is 4.15. The first-order valence-electron chi connectivity index (χ1n) is 6.00. The molecule has 1 aliphatic rings. The lowest BCUT2D eigenvalue weighted by Gasteiger charge is -2.09. The summed E-state index contributed by atoms with van der Waals surface area (Å²) >= 11 is 0. The van der Waals surface area contributed by atoms with Crippen LogP contribution in [0.15, 0.2) is 18.2 Å². The maximum Gasteiger partial charge on any atom is 0.184 e. The zero-order valence-corrected chi connectivity index (χ0v) is 11.0. The summed E-state index contributed by atoms with van der Waals surface area (Å²) in [6.45, 7) is 3.67. The molecular weight excluding hydrogens is 250 g/mol. The highest BCUT2D eigenvalue weighted by Crippen LogP contribution is 2.18. The number of aliphatic hydroxyl groups is 4. The minimum Gasteiger partial charge on any atom is -0.399 e. The summed E-state index contributed by atoms with van der Waals surface area (Å²) in [6.07, 6.45) is -4.76. The molecule has 6 nitrogen and oxygen atoms in total. The van der Waals surface area contributed by atoms with Crippen LogP contribution in [0.2, 0.25) is 0 Å². The van der Waals surface area contributed by atoms with Crippen LogP contribution in [0.3, 0.4) is 0 Å². The SMILES string of the molecule is Cc1ccc(N)c(C)c1.OC[C@H]1OC(O)[C@H](O)[C@@H]1O. The molecular formula is C13H21NO5. The first kappa shape index (κ1) is 15.9. The van der Waals surface area contributed by atoms with Crippen molar-refractivity contribution in [3.05, 3.63) is 29.3 Å². The molecule has 6 heteroatoms. The van der Waals surface area contributed by atoms with Crippen molar-refractivity contribution in [1.82, 2.24) is 0 Å². The van der Waals surface area contributed by atoms with Crippen molar-refractivity contribution in [3.8, 4) is 0 Å². The molecule has 19 heavy (non-hydrogen) atoms. The maximum absolute atomic E-state index is 8.93. The molecule has 0 amide bonds. The summed E-state index contributed by atoms with van der Waals surface area (Å²) in [7, 11) is 0. The van der Waals surface area contributed by atoms with Crippen molar-refractivity contribution < 1.29 is 25.2 Å². The van der Waals surface area contributed by atoms with Gasteiger partial charge in [-0.15, -0.1) is 0 Å². The molecule has 0 saturated carbocycles. The van der Waals surface area contributed by atoms with Crippen LogP contribution in [0.5, 0.6) is 0 Å². The van der Waals surface area contributed by atoms with Gasteiger partial charge in [-0.2, -0.15) is 0 Å². The number of anilines is 1. The summed E-state index contributed by atoms with van der Waals surface area (Å²) in [5, 5.41) is 35.0. The van der Waals surface area contributed by atoms with E-state index in [1.807, 2.05) is 19.1 Å². The second-order valence-electron chi connectivity index (χ2n) is 4.59. The van der Waals surface area contributed by atoms with Gasteiger partial charge in [0.1, 0.15) is 18.3 Å². The first-order chi connectivity index (χ1) is 8.86. The predicted octanol–water partition coefficient (Wildman–Crippen LogP) is -0.697. The Morgan fingerprint density at radius 2 is 1.79 bits per heavy atom. The monoisotopic (exact) mass is 271 g/mol. The van der Waals surface area contributed by atoms with E-state index in [9.17, 15) is 0 Å². The van der Waals surface area contributed by atoms with Crippen molar-refractivity contribution in [2.75, 3.05) is 12.3 Å². The first-order valence-corrected chi connectivity index (χ1v) is 6.00. The standard InChI is InChI=1S/C8H11N.C5H10O5/c1-6-3-4-8(9)7(2)5-6;6-1-2-3(7)4(8)5(9)10-2/h3-5H,9H2,1-2H3;2-9H,1H2/t;2-,3-,4-,5?/m.1/s1. The Morgan fingerprint density at radius 3 is 2.11 bits per heavy atom. The fraction of sp³-hybridized carbons (Fsp3) is 0.538. The Labute approximate surface area is 112 Å². The molecule has 1 unspecified atom stereocenters. The van der Waals surface area contributed by atoms with E-state index in [0.717, 1.165) is 11.3 Å². The zero-order valence-electron chi connectivity index (χ0n) is 11.0. The summed E-state index contributed by atoms with van der Waals surface area (Å²) in [5.74, 6) is 0. The van der Waals surface area contributed by atoms with Crippen LogP contribution < -0.4 is 5.73 Å². The van der Waals surface area contributed by atoms with Crippen molar-refractivity contribution in [2.45, 2.75) is 38.4 Å². The quantitative estimate of drug-likeness (QED) is 0.431. The highest BCUT2D eigenvalue weighted by molar-refractivity contribution is 5.47. The number of benzene rings is 1. The lowest BCUT2D eigenvalue weighted by atomic mass is 10.1. The van der Waals surface area contributed by atoms with E-state index >= 15 is 0 Å². The van der Waals surface area contributed by atoms with Crippen molar-refractivity contribution in [3.63, 3.8) is 0 Å². The van der Waals surface area contributed by atoms with Gasteiger partial charge in [-0.1, -0.05) is 17.7 Å².